The van der Waals surface area contributed by atoms with Crippen LogP contribution in [0, 0.1) is 11.6 Å². The zero-order chi connectivity index (χ0) is 18.7. The van der Waals surface area contributed by atoms with Crippen LogP contribution in [0.25, 0.3) is 10.3 Å². The number of aromatic amines is 1. The van der Waals surface area contributed by atoms with Crippen LogP contribution in [0.2, 0.25) is 0 Å². The van der Waals surface area contributed by atoms with Crippen molar-refractivity contribution in [2.45, 2.75) is 10.9 Å². The summed E-state index contributed by atoms with van der Waals surface area (Å²) < 4.78 is 27.8. The van der Waals surface area contributed by atoms with E-state index in [-0.39, 0.29) is 16.2 Å². The molecule has 0 radical (unpaired) electrons. The van der Waals surface area contributed by atoms with Crippen LogP contribution in [-0.2, 0) is 5.75 Å². The van der Waals surface area contributed by atoms with Gasteiger partial charge in [0, 0.05) is 24.4 Å². The molecule has 0 aliphatic rings. The van der Waals surface area contributed by atoms with Crippen LogP contribution in [-0.4, -0.2) is 47.0 Å². The molecule has 0 aliphatic carbocycles. The van der Waals surface area contributed by atoms with Gasteiger partial charge in [0.25, 0.3) is 0 Å². The van der Waals surface area contributed by atoms with Gasteiger partial charge in [-0.05, 0) is 20.2 Å². The number of nitrogens with one attached hydrogen (secondary N) is 2. The molecule has 0 bridgehead atoms. The highest BCUT2D eigenvalue weighted by Crippen LogP contribution is 2.27. The largest absolute Gasteiger partial charge is 0.367 e. The van der Waals surface area contributed by atoms with E-state index in [2.05, 4.69) is 20.3 Å². The average molecular weight is 397 g/mol. The van der Waals surface area contributed by atoms with Gasteiger partial charge in [0.2, 0.25) is 0 Å². The zero-order valence-corrected chi connectivity index (χ0v) is 15.8. The van der Waals surface area contributed by atoms with Gasteiger partial charge in [-0.25, -0.2) is 18.7 Å². The maximum atomic E-state index is 13.8. The van der Waals surface area contributed by atoms with Crippen molar-refractivity contribution in [1.29, 1.82) is 0 Å². The number of hydrogen-bond acceptors (Lipinski definition) is 7. The van der Waals surface area contributed by atoms with Gasteiger partial charge in [0.05, 0.1) is 0 Å². The number of fused-ring (bicyclic) bond motifs is 1. The number of likely N-dealkylation sites (N-methyl/N-ethyl adjacent to an activating group) is 1. The van der Waals surface area contributed by atoms with Crippen LogP contribution in [0.1, 0.15) is 5.56 Å². The zero-order valence-electron chi connectivity index (χ0n) is 14.2. The first kappa shape index (κ1) is 18.7. The highest BCUT2D eigenvalue weighted by molar-refractivity contribution is 7.98. The van der Waals surface area contributed by atoms with Gasteiger partial charge in [-0.2, -0.15) is 0 Å². The minimum atomic E-state index is -0.882. The predicted octanol–water partition coefficient (Wildman–Crippen LogP) is 2.92. The van der Waals surface area contributed by atoms with E-state index in [1.807, 2.05) is 19.0 Å². The SMILES string of the molecule is CN(C)CCNc1nc(SCc2cccc(F)c2F)nc2[nH]c(=O)sc12. The van der Waals surface area contributed by atoms with Gasteiger partial charge < -0.3 is 10.2 Å². The number of rotatable bonds is 7. The van der Waals surface area contributed by atoms with E-state index in [4.69, 9.17) is 0 Å². The molecule has 6 nitrogen and oxygen atoms in total. The topological polar surface area (TPSA) is 73.9 Å². The number of thioether (sulfide) groups is 1. The molecule has 0 unspecified atom stereocenters. The van der Waals surface area contributed by atoms with Crippen molar-refractivity contribution in [2.24, 2.45) is 0 Å². The molecule has 0 spiro atoms. The van der Waals surface area contributed by atoms with Crippen molar-refractivity contribution in [1.82, 2.24) is 19.9 Å². The second kappa shape index (κ2) is 8.11. The molecule has 1 aromatic carbocycles. The van der Waals surface area contributed by atoms with Crippen molar-refractivity contribution >= 4 is 39.3 Å². The van der Waals surface area contributed by atoms with Gasteiger partial charge in [-0.1, -0.05) is 35.2 Å². The fourth-order valence-corrected chi connectivity index (χ4v) is 3.77. The molecular formula is C16H17F2N5OS2. The smallest absolute Gasteiger partial charge is 0.306 e. The van der Waals surface area contributed by atoms with Crippen LogP contribution < -0.4 is 10.2 Å². The molecule has 3 aromatic rings. The number of hydrogen-bond donors (Lipinski definition) is 2. The Hall–Kier alpha value is -2.04. The molecule has 2 aromatic heterocycles. The summed E-state index contributed by atoms with van der Waals surface area (Å²) in [6.07, 6.45) is 0. The van der Waals surface area contributed by atoms with Crippen LogP contribution >= 0.6 is 23.1 Å². The highest BCUT2D eigenvalue weighted by atomic mass is 32.2. The molecule has 3 rings (SSSR count). The Morgan fingerprint density at radius 2 is 2.12 bits per heavy atom. The molecule has 0 saturated heterocycles. The standard InChI is InChI=1S/C16H17F2N5OS2/c1-23(2)7-6-19-13-12-14(22-16(24)26-12)21-15(20-13)25-8-9-4-3-5-10(17)11(9)18/h3-5H,6-8H2,1-2H3,(H2,19,20,21,22,24). The van der Waals surface area contributed by atoms with Crippen molar-refractivity contribution < 1.29 is 8.78 Å². The minimum Gasteiger partial charge on any atom is -0.367 e. The van der Waals surface area contributed by atoms with Crippen LogP contribution in [0.15, 0.2) is 28.2 Å². The fraction of sp³-hybridized carbons (Fsp3) is 0.312. The third-order valence-corrected chi connectivity index (χ3v) is 5.27. The molecule has 0 aliphatic heterocycles. The number of anilines is 1. The Labute approximate surface area is 156 Å². The average Bonchev–Trinajstić information content (AvgIpc) is 2.96. The summed E-state index contributed by atoms with van der Waals surface area (Å²) in [6.45, 7) is 1.44. The second-order valence-corrected chi connectivity index (χ2v) is 7.70. The quantitative estimate of drug-likeness (QED) is 0.472. The molecule has 2 heterocycles. The number of nitrogens with zero attached hydrogens (tertiary/aromatic N) is 3. The van der Waals surface area contributed by atoms with E-state index in [1.54, 1.807) is 0 Å². The molecule has 0 saturated carbocycles. The van der Waals surface area contributed by atoms with Gasteiger partial charge in [0.1, 0.15) is 4.70 Å². The predicted molar refractivity (Wildman–Crippen MR) is 101 cm³/mol. The first-order valence-electron chi connectivity index (χ1n) is 7.79. The lowest BCUT2D eigenvalue weighted by molar-refractivity contribution is 0.425. The molecule has 0 amide bonds. The molecule has 138 valence electrons. The number of halogens is 2. The van der Waals surface area contributed by atoms with Crippen molar-refractivity contribution in [3.63, 3.8) is 0 Å². The monoisotopic (exact) mass is 397 g/mol. The Balaban J connectivity index is 1.83. The van der Waals surface area contributed by atoms with E-state index in [0.29, 0.717) is 27.9 Å². The van der Waals surface area contributed by atoms with Crippen LogP contribution in [0.4, 0.5) is 14.6 Å². The Bertz CT molecular complexity index is 973. The summed E-state index contributed by atoms with van der Waals surface area (Å²) in [5.74, 6) is -1.01. The maximum absolute atomic E-state index is 13.8. The normalized spacial score (nSPS) is 11.4. The van der Waals surface area contributed by atoms with Crippen molar-refractivity contribution in [3.05, 3.63) is 45.1 Å². The lowest BCUT2D eigenvalue weighted by atomic mass is 10.2. The maximum Gasteiger partial charge on any atom is 0.306 e. The summed E-state index contributed by atoms with van der Waals surface area (Å²) >= 11 is 2.21. The Kier molecular flexibility index (Phi) is 5.84. The summed E-state index contributed by atoms with van der Waals surface area (Å²) in [4.78, 5) is 24.9. The summed E-state index contributed by atoms with van der Waals surface area (Å²) in [7, 11) is 3.92. The highest BCUT2D eigenvalue weighted by Gasteiger charge is 2.14. The third-order valence-electron chi connectivity index (χ3n) is 3.50. The molecule has 0 fully saturated rings. The van der Waals surface area contributed by atoms with Crippen LogP contribution in [0.3, 0.4) is 0 Å². The number of benzene rings is 1. The van der Waals surface area contributed by atoms with E-state index in [0.717, 1.165) is 23.9 Å². The number of thiazole rings is 1. The number of H-pyrrole nitrogens is 1. The van der Waals surface area contributed by atoms with Crippen molar-refractivity contribution in [2.75, 3.05) is 32.5 Å². The lowest BCUT2D eigenvalue weighted by Gasteiger charge is -2.12. The van der Waals surface area contributed by atoms with Gasteiger partial charge >= 0.3 is 4.87 Å². The Morgan fingerprint density at radius 3 is 2.88 bits per heavy atom. The summed E-state index contributed by atoms with van der Waals surface area (Å²) in [5, 5.41) is 3.58. The minimum absolute atomic E-state index is 0.181. The first-order chi connectivity index (χ1) is 12.4. The lowest BCUT2D eigenvalue weighted by Crippen LogP contribution is -2.21. The molecular weight excluding hydrogens is 380 g/mol. The van der Waals surface area contributed by atoms with E-state index >= 15 is 0 Å². The van der Waals surface area contributed by atoms with Crippen LogP contribution in [0.5, 0.6) is 0 Å². The van der Waals surface area contributed by atoms with Gasteiger partial charge in [0.15, 0.2) is 28.3 Å². The van der Waals surface area contributed by atoms with Gasteiger partial charge in [-0.3, -0.25) is 9.78 Å². The molecule has 26 heavy (non-hydrogen) atoms. The van der Waals surface area contributed by atoms with Crippen molar-refractivity contribution in [3.8, 4) is 0 Å². The Morgan fingerprint density at radius 1 is 1.31 bits per heavy atom. The van der Waals surface area contributed by atoms with E-state index in [9.17, 15) is 13.6 Å². The second-order valence-electron chi connectivity index (χ2n) is 5.78. The third kappa shape index (κ3) is 4.37. The van der Waals surface area contributed by atoms with Gasteiger partial charge in [-0.15, -0.1) is 0 Å². The summed E-state index contributed by atoms with van der Waals surface area (Å²) in [5.41, 5.74) is 0.671. The first-order valence-corrected chi connectivity index (χ1v) is 9.59. The summed E-state index contributed by atoms with van der Waals surface area (Å²) in [6, 6.07) is 4.06. The molecule has 0 atom stereocenters. The molecule has 2 N–H and O–H groups in total. The molecule has 10 heteroatoms. The van der Waals surface area contributed by atoms with E-state index < -0.39 is 11.6 Å². The fourth-order valence-electron chi connectivity index (χ4n) is 2.21. The number of aromatic nitrogens is 3. The van der Waals surface area contributed by atoms with E-state index in [1.165, 1.54) is 23.9 Å².